The normalized spacial score (nSPS) is 23.6. The first-order valence-electron chi connectivity index (χ1n) is 5.32. The second-order valence-electron chi connectivity index (χ2n) is 4.98. The third kappa shape index (κ3) is 4.47. The van der Waals surface area contributed by atoms with Crippen LogP contribution in [0.2, 0.25) is 0 Å². The average Bonchev–Trinajstić information content (AvgIpc) is 2.14. The van der Waals surface area contributed by atoms with Crippen LogP contribution in [0.15, 0.2) is 0 Å². The molecule has 1 unspecified atom stereocenters. The van der Waals surface area contributed by atoms with Crippen molar-refractivity contribution in [2.75, 3.05) is 19.7 Å². The summed E-state index contributed by atoms with van der Waals surface area (Å²) in [6.07, 6.45) is -0.504. The van der Waals surface area contributed by atoms with Crippen LogP contribution in [0.4, 0.5) is 0 Å². The summed E-state index contributed by atoms with van der Waals surface area (Å²) >= 11 is 4.81. The van der Waals surface area contributed by atoms with Gasteiger partial charge in [-0.1, -0.05) is 12.2 Å². The summed E-state index contributed by atoms with van der Waals surface area (Å²) < 4.78 is 33.3. The Morgan fingerprint density at radius 2 is 2.12 bits per heavy atom. The van der Waals surface area contributed by atoms with Crippen LogP contribution >= 0.6 is 12.2 Å². The van der Waals surface area contributed by atoms with Gasteiger partial charge in [-0.25, -0.2) is 0 Å². The highest BCUT2D eigenvalue weighted by Crippen LogP contribution is 2.12. The minimum absolute atomic E-state index is 0.167. The van der Waals surface area contributed by atoms with Gasteiger partial charge in [-0.3, -0.25) is 0 Å². The van der Waals surface area contributed by atoms with Crippen molar-refractivity contribution >= 4 is 27.4 Å². The second-order valence-corrected chi connectivity index (χ2v) is 7.12. The number of thiocarbonyl (C=S) groups is 1. The number of ether oxygens (including phenoxy) is 1. The number of morpholine rings is 1. The van der Waals surface area contributed by atoms with E-state index in [9.17, 15) is 8.42 Å². The smallest absolute Gasteiger partial charge is 0.280 e. The summed E-state index contributed by atoms with van der Waals surface area (Å²) in [4.78, 5) is 0.181. The van der Waals surface area contributed by atoms with E-state index < -0.39 is 21.9 Å². The van der Waals surface area contributed by atoms with Gasteiger partial charge in [0.25, 0.3) is 10.2 Å². The number of hydrogen-bond donors (Lipinski definition) is 2. The van der Waals surface area contributed by atoms with Crippen molar-refractivity contribution < 1.29 is 13.2 Å². The van der Waals surface area contributed by atoms with Gasteiger partial charge in [-0.15, -0.1) is 0 Å². The van der Waals surface area contributed by atoms with Crippen LogP contribution in [0, 0.1) is 0 Å². The molecule has 0 aromatic rings. The molecule has 1 saturated heterocycles. The molecule has 0 aromatic carbocycles. The number of rotatable bonds is 3. The van der Waals surface area contributed by atoms with Gasteiger partial charge in [0.15, 0.2) is 0 Å². The van der Waals surface area contributed by atoms with Crippen molar-refractivity contribution in [3.8, 4) is 0 Å². The van der Waals surface area contributed by atoms with E-state index in [1.807, 2.05) is 0 Å². The third-order valence-corrected chi connectivity index (χ3v) is 4.27. The van der Waals surface area contributed by atoms with Gasteiger partial charge >= 0.3 is 0 Å². The third-order valence-electron chi connectivity index (χ3n) is 2.12. The fourth-order valence-electron chi connectivity index (χ4n) is 1.47. The molecule has 0 saturated carbocycles. The van der Waals surface area contributed by atoms with Crippen LogP contribution in [0.3, 0.4) is 0 Å². The van der Waals surface area contributed by atoms with E-state index in [-0.39, 0.29) is 11.5 Å². The van der Waals surface area contributed by atoms with Crippen LogP contribution in [0.5, 0.6) is 0 Å². The highest BCUT2D eigenvalue weighted by Gasteiger charge is 2.32. The van der Waals surface area contributed by atoms with Crippen LogP contribution in [0.25, 0.3) is 0 Å². The van der Waals surface area contributed by atoms with Crippen molar-refractivity contribution in [1.82, 2.24) is 9.03 Å². The molecule has 17 heavy (non-hydrogen) atoms. The average molecular weight is 281 g/mol. The van der Waals surface area contributed by atoms with Gasteiger partial charge in [-0.2, -0.15) is 17.4 Å². The van der Waals surface area contributed by atoms with Crippen LogP contribution in [-0.4, -0.2) is 49.1 Å². The summed E-state index contributed by atoms with van der Waals surface area (Å²) in [7, 11) is -3.52. The molecule has 0 bridgehead atoms. The van der Waals surface area contributed by atoms with E-state index >= 15 is 0 Å². The Morgan fingerprint density at radius 1 is 1.53 bits per heavy atom. The van der Waals surface area contributed by atoms with E-state index in [0.29, 0.717) is 13.2 Å². The van der Waals surface area contributed by atoms with Gasteiger partial charge in [0.1, 0.15) is 11.1 Å². The molecule has 8 heteroatoms. The summed E-state index contributed by atoms with van der Waals surface area (Å²) in [5.41, 5.74) is 4.95. The number of hydrogen-bond acceptors (Lipinski definition) is 4. The molecule has 0 spiro atoms. The first kappa shape index (κ1) is 14.8. The van der Waals surface area contributed by atoms with Crippen molar-refractivity contribution in [2.45, 2.75) is 32.4 Å². The van der Waals surface area contributed by atoms with Crippen LogP contribution < -0.4 is 10.5 Å². The molecule has 0 amide bonds. The highest BCUT2D eigenvalue weighted by molar-refractivity contribution is 7.87. The molecule has 1 heterocycles. The zero-order valence-electron chi connectivity index (χ0n) is 10.3. The van der Waals surface area contributed by atoms with E-state index in [4.69, 9.17) is 22.7 Å². The van der Waals surface area contributed by atoms with Crippen molar-refractivity contribution in [3.63, 3.8) is 0 Å². The molecule has 1 aliphatic rings. The Morgan fingerprint density at radius 3 is 2.59 bits per heavy atom. The van der Waals surface area contributed by atoms with Gasteiger partial charge < -0.3 is 10.5 Å². The first-order valence-corrected chi connectivity index (χ1v) is 7.16. The molecule has 1 aliphatic heterocycles. The minimum Gasteiger partial charge on any atom is -0.391 e. The van der Waals surface area contributed by atoms with Crippen molar-refractivity contribution in [3.05, 3.63) is 0 Å². The summed E-state index contributed by atoms with van der Waals surface area (Å²) in [5, 5.41) is 0. The maximum absolute atomic E-state index is 12.0. The SMILES string of the molecule is CC(C)(C)NS(=O)(=O)N1CCOC(C(N)=S)C1. The maximum atomic E-state index is 12.0. The summed E-state index contributed by atoms with van der Waals surface area (Å²) in [6, 6.07) is 0. The van der Waals surface area contributed by atoms with Gasteiger partial charge in [0, 0.05) is 18.6 Å². The minimum atomic E-state index is -3.52. The molecule has 1 rings (SSSR count). The monoisotopic (exact) mass is 281 g/mol. The zero-order chi connectivity index (χ0) is 13.3. The van der Waals surface area contributed by atoms with Crippen LogP contribution in [0.1, 0.15) is 20.8 Å². The molecule has 0 aromatic heterocycles. The number of nitrogens with zero attached hydrogens (tertiary/aromatic N) is 1. The summed E-state index contributed by atoms with van der Waals surface area (Å²) in [6.45, 7) is 6.14. The fraction of sp³-hybridized carbons (Fsp3) is 0.889. The Labute approximate surface area is 108 Å². The Hall–Kier alpha value is -0.280. The number of nitrogens with two attached hydrogens (primary N) is 1. The Bertz CT molecular complexity index is 389. The zero-order valence-corrected chi connectivity index (χ0v) is 11.9. The largest absolute Gasteiger partial charge is 0.391 e. The summed E-state index contributed by atoms with van der Waals surface area (Å²) in [5.74, 6) is 0. The predicted molar refractivity (Wildman–Crippen MR) is 69.9 cm³/mol. The van der Waals surface area contributed by atoms with E-state index in [0.717, 1.165) is 0 Å². The number of nitrogens with one attached hydrogen (secondary N) is 1. The lowest BCUT2D eigenvalue weighted by Gasteiger charge is -2.33. The molecule has 100 valence electrons. The van der Waals surface area contributed by atoms with E-state index in [1.165, 1.54) is 4.31 Å². The molecule has 1 atom stereocenters. The van der Waals surface area contributed by atoms with Crippen molar-refractivity contribution in [1.29, 1.82) is 0 Å². The molecule has 1 fully saturated rings. The van der Waals surface area contributed by atoms with Gasteiger partial charge in [0.05, 0.1) is 6.61 Å². The highest BCUT2D eigenvalue weighted by atomic mass is 32.2. The second kappa shape index (κ2) is 5.15. The van der Waals surface area contributed by atoms with Gasteiger partial charge in [0.2, 0.25) is 0 Å². The Kier molecular flexibility index (Phi) is 4.48. The molecular weight excluding hydrogens is 262 g/mol. The quantitative estimate of drug-likeness (QED) is 0.688. The maximum Gasteiger partial charge on any atom is 0.280 e. The Balaban J connectivity index is 2.75. The van der Waals surface area contributed by atoms with E-state index in [1.54, 1.807) is 20.8 Å². The topological polar surface area (TPSA) is 84.7 Å². The lowest BCUT2D eigenvalue weighted by Crippen LogP contribution is -2.55. The molecule has 0 radical (unpaired) electrons. The van der Waals surface area contributed by atoms with Crippen LogP contribution in [-0.2, 0) is 14.9 Å². The first-order chi connectivity index (χ1) is 7.62. The van der Waals surface area contributed by atoms with Gasteiger partial charge in [-0.05, 0) is 20.8 Å². The molecule has 3 N–H and O–H groups in total. The lowest BCUT2D eigenvalue weighted by molar-refractivity contribution is 0.0379. The predicted octanol–water partition coefficient (Wildman–Crippen LogP) is -0.394. The lowest BCUT2D eigenvalue weighted by atomic mass is 10.1. The fourth-order valence-corrected chi connectivity index (χ4v) is 3.16. The molecule has 6 nitrogen and oxygen atoms in total. The molecular formula is C9H19N3O3S2. The van der Waals surface area contributed by atoms with Crippen molar-refractivity contribution in [2.24, 2.45) is 5.73 Å². The standard InChI is InChI=1S/C9H19N3O3S2/c1-9(2,3)11-17(13,14)12-4-5-15-7(6-12)8(10)16/h7,11H,4-6H2,1-3H3,(H2,10,16). The van der Waals surface area contributed by atoms with E-state index in [2.05, 4.69) is 4.72 Å². The molecule has 0 aliphatic carbocycles.